The van der Waals surface area contributed by atoms with Gasteiger partial charge in [0.25, 0.3) is 0 Å². The second-order valence-electron chi connectivity index (χ2n) is 6.62. The standard InChI is InChI=1S/C18H19FN4O5/c19-11-5-7-12(8-6-11)21-14(24)9-20-15(25)10-22-16(26)17(27)23(18(22)28)13-3-1-2-4-13/h5-8,13H,1-4,9-10H2,(H,20,25)(H,21,24). The molecule has 9 nitrogen and oxygen atoms in total. The highest BCUT2D eigenvalue weighted by Gasteiger charge is 2.48. The van der Waals surface area contributed by atoms with Crippen molar-refractivity contribution in [3.8, 4) is 0 Å². The molecule has 1 heterocycles. The molecule has 1 aromatic carbocycles. The largest absolute Gasteiger partial charge is 0.345 e. The number of amides is 6. The van der Waals surface area contributed by atoms with Gasteiger partial charge in [0.05, 0.1) is 6.54 Å². The first-order valence-corrected chi connectivity index (χ1v) is 8.88. The van der Waals surface area contributed by atoms with E-state index >= 15 is 0 Å². The summed E-state index contributed by atoms with van der Waals surface area (Å²) in [5.41, 5.74) is 0.350. The number of carbonyl (C=O) groups is 5. The molecule has 148 valence electrons. The smallest absolute Gasteiger partial charge is 0.334 e. The van der Waals surface area contributed by atoms with Crippen molar-refractivity contribution in [1.29, 1.82) is 0 Å². The number of rotatable bonds is 6. The number of urea groups is 1. The Morgan fingerprint density at radius 2 is 1.64 bits per heavy atom. The van der Waals surface area contributed by atoms with Crippen LogP contribution in [0.5, 0.6) is 0 Å². The number of benzene rings is 1. The SMILES string of the molecule is O=C(CN1C(=O)C(=O)N(C2CCCC2)C1=O)NCC(=O)Nc1ccc(F)cc1. The molecular weight excluding hydrogens is 371 g/mol. The molecule has 2 fully saturated rings. The fourth-order valence-electron chi connectivity index (χ4n) is 3.26. The minimum absolute atomic E-state index is 0.307. The van der Waals surface area contributed by atoms with Crippen molar-refractivity contribution in [3.63, 3.8) is 0 Å². The first-order chi connectivity index (χ1) is 13.4. The first kappa shape index (κ1) is 19.5. The Hall–Kier alpha value is -3.30. The predicted octanol–water partition coefficient (Wildman–Crippen LogP) is 0.614. The molecule has 0 spiro atoms. The monoisotopic (exact) mass is 390 g/mol. The van der Waals surface area contributed by atoms with Gasteiger partial charge in [0.1, 0.15) is 12.4 Å². The number of hydrogen-bond donors (Lipinski definition) is 2. The van der Waals surface area contributed by atoms with E-state index in [-0.39, 0.29) is 6.04 Å². The lowest BCUT2D eigenvalue weighted by atomic mass is 10.2. The van der Waals surface area contributed by atoms with E-state index in [1.54, 1.807) is 0 Å². The van der Waals surface area contributed by atoms with Crippen molar-refractivity contribution in [2.45, 2.75) is 31.7 Å². The Kier molecular flexibility index (Phi) is 5.67. The number of halogens is 1. The summed E-state index contributed by atoms with van der Waals surface area (Å²) in [6, 6.07) is 3.96. The van der Waals surface area contributed by atoms with Gasteiger partial charge in [-0.2, -0.15) is 0 Å². The van der Waals surface area contributed by atoms with E-state index in [0.29, 0.717) is 23.4 Å². The Balaban J connectivity index is 1.50. The lowest BCUT2D eigenvalue weighted by molar-refractivity contribution is -0.144. The zero-order chi connectivity index (χ0) is 20.3. The van der Waals surface area contributed by atoms with Gasteiger partial charge in [-0.15, -0.1) is 0 Å². The minimum atomic E-state index is -1.04. The normalized spacial score (nSPS) is 17.4. The zero-order valence-electron chi connectivity index (χ0n) is 14.9. The summed E-state index contributed by atoms with van der Waals surface area (Å²) >= 11 is 0. The Morgan fingerprint density at radius 1 is 1.00 bits per heavy atom. The molecule has 6 amide bonds. The van der Waals surface area contributed by atoms with Gasteiger partial charge in [0.15, 0.2) is 0 Å². The average molecular weight is 390 g/mol. The molecule has 1 aliphatic heterocycles. The van der Waals surface area contributed by atoms with Crippen LogP contribution in [0.4, 0.5) is 14.9 Å². The number of carbonyl (C=O) groups excluding carboxylic acids is 5. The minimum Gasteiger partial charge on any atom is -0.345 e. The number of nitrogens with one attached hydrogen (secondary N) is 2. The van der Waals surface area contributed by atoms with Crippen molar-refractivity contribution in [2.24, 2.45) is 0 Å². The molecule has 0 aromatic heterocycles. The highest BCUT2D eigenvalue weighted by Crippen LogP contribution is 2.27. The van der Waals surface area contributed by atoms with Gasteiger partial charge >= 0.3 is 17.8 Å². The summed E-state index contributed by atoms with van der Waals surface area (Å²) in [5, 5.41) is 4.74. The maximum absolute atomic E-state index is 12.8. The summed E-state index contributed by atoms with van der Waals surface area (Å²) in [6.45, 7) is -1.05. The highest BCUT2D eigenvalue weighted by molar-refractivity contribution is 6.45. The van der Waals surface area contributed by atoms with E-state index in [1.165, 1.54) is 24.3 Å². The van der Waals surface area contributed by atoms with E-state index in [2.05, 4.69) is 10.6 Å². The van der Waals surface area contributed by atoms with E-state index in [1.807, 2.05) is 0 Å². The van der Waals surface area contributed by atoms with E-state index in [9.17, 15) is 28.4 Å². The molecule has 0 radical (unpaired) electrons. The second kappa shape index (κ2) is 8.15. The molecule has 0 unspecified atom stereocenters. The topological polar surface area (TPSA) is 116 Å². The van der Waals surface area contributed by atoms with Crippen LogP contribution in [-0.2, 0) is 19.2 Å². The van der Waals surface area contributed by atoms with Crippen LogP contribution in [-0.4, -0.2) is 58.6 Å². The van der Waals surface area contributed by atoms with E-state index < -0.39 is 48.6 Å². The van der Waals surface area contributed by atoms with Crippen molar-refractivity contribution in [1.82, 2.24) is 15.1 Å². The molecule has 1 saturated heterocycles. The summed E-state index contributed by atoms with van der Waals surface area (Å²) < 4.78 is 12.8. The van der Waals surface area contributed by atoms with Crippen molar-refractivity contribution >= 4 is 35.3 Å². The van der Waals surface area contributed by atoms with Crippen LogP contribution in [0.25, 0.3) is 0 Å². The lowest BCUT2D eigenvalue weighted by Crippen LogP contribution is -2.44. The van der Waals surface area contributed by atoms with Crippen LogP contribution in [0.1, 0.15) is 25.7 Å². The quantitative estimate of drug-likeness (QED) is 0.546. The Morgan fingerprint density at radius 3 is 2.29 bits per heavy atom. The fraction of sp³-hybridized carbons (Fsp3) is 0.389. The summed E-state index contributed by atoms with van der Waals surface area (Å²) in [7, 11) is 0. The van der Waals surface area contributed by atoms with Crippen molar-refractivity contribution in [3.05, 3.63) is 30.1 Å². The number of hydrogen-bond acceptors (Lipinski definition) is 5. The summed E-state index contributed by atoms with van der Waals surface area (Å²) in [5.74, 6) is -3.73. The van der Waals surface area contributed by atoms with E-state index in [0.717, 1.165) is 17.7 Å². The molecule has 1 aliphatic carbocycles. The fourth-order valence-corrected chi connectivity index (χ4v) is 3.26. The molecule has 28 heavy (non-hydrogen) atoms. The third kappa shape index (κ3) is 4.16. The Bertz CT molecular complexity index is 820. The maximum Gasteiger partial charge on any atom is 0.334 e. The van der Waals surface area contributed by atoms with E-state index in [4.69, 9.17) is 0 Å². The van der Waals surface area contributed by atoms with Gasteiger partial charge in [-0.25, -0.2) is 14.1 Å². The molecule has 0 atom stereocenters. The number of nitrogens with zero attached hydrogens (tertiary/aromatic N) is 2. The Labute approximate surface area is 159 Å². The summed E-state index contributed by atoms with van der Waals surface area (Å²) in [4.78, 5) is 61.9. The van der Waals surface area contributed by atoms with Gasteiger partial charge < -0.3 is 10.6 Å². The molecule has 2 aliphatic rings. The van der Waals surface area contributed by atoms with Crippen LogP contribution in [0, 0.1) is 5.82 Å². The molecule has 0 bridgehead atoms. The average Bonchev–Trinajstić information content (AvgIpc) is 3.25. The van der Waals surface area contributed by atoms with Crippen LogP contribution < -0.4 is 10.6 Å². The van der Waals surface area contributed by atoms with Crippen LogP contribution >= 0.6 is 0 Å². The summed E-state index contributed by atoms with van der Waals surface area (Å²) in [6.07, 6.45) is 3.04. The molecule has 2 N–H and O–H groups in total. The van der Waals surface area contributed by atoms with Crippen LogP contribution in [0.2, 0.25) is 0 Å². The molecule has 10 heteroatoms. The third-order valence-electron chi connectivity index (χ3n) is 4.65. The predicted molar refractivity (Wildman–Crippen MR) is 94.3 cm³/mol. The van der Waals surface area contributed by atoms with Crippen LogP contribution in [0.3, 0.4) is 0 Å². The van der Waals surface area contributed by atoms with Crippen molar-refractivity contribution < 1.29 is 28.4 Å². The zero-order valence-corrected chi connectivity index (χ0v) is 14.9. The first-order valence-electron chi connectivity index (χ1n) is 8.88. The molecule has 1 aromatic rings. The van der Waals surface area contributed by atoms with Gasteiger partial charge in [-0.3, -0.25) is 24.1 Å². The van der Waals surface area contributed by atoms with Gasteiger partial charge in [-0.1, -0.05) is 12.8 Å². The van der Waals surface area contributed by atoms with Gasteiger partial charge in [0, 0.05) is 11.7 Å². The van der Waals surface area contributed by atoms with Crippen molar-refractivity contribution in [2.75, 3.05) is 18.4 Å². The van der Waals surface area contributed by atoms with Gasteiger partial charge in [-0.05, 0) is 37.1 Å². The molecule has 1 saturated carbocycles. The second-order valence-corrected chi connectivity index (χ2v) is 6.62. The molecule has 3 rings (SSSR count). The third-order valence-corrected chi connectivity index (χ3v) is 4.65. The van der Waals surface area contributed by atoms with Gasteiger partial charge in [0.2, 0.25) is 11.8 Å². The highest BCUT2D eigenvalue weighted by atomic mass is 19.1. The number of anilines is 1. The van der Waals surface area contributed by atoms with Crippen LogP contribution in [0.15, 0.2) is 24.3 Å². The lowest BCUT2D eigenvalue weighted by Gasteiger charge is -2.20. The molecular formula is C18H19FN4O5. The maximum atomic E-state index is 12.8. The number of imide groups is 2.